The molecule has 0 atom stereocenters. The first kappa shape index (κ1) is 15.6. The van der Waals surface area contributed by atoms with Crippen LogP contribution in [0.5, 0.6) is 5.75 Å². The van der Waals surface area contributed by atoms with Crippen LogP contribution in [0.3, 0.4) is 0 Å². The van der Waals surface area contributed by atoms with Crippen molar-refractivity contribution in [1.29, 1.82) is 0 Å². The molecule has 1 aromatic rings. The van der Waals surface area contributed by atoms with Crippen LogP contribution in [0, 0.1) is 16.0 Å². The minimum absolute atomic E-state index is 0.0173. The second-order valence-corrected chi connectivity index (χ2v) is 7.11. The quantitative estimate of drug-likeness (QED) is 0.493. The van der Waals surface area contributed by atoms with Crippen LogP contribution in [-0.2, 0) is 10.0 Å². The summed E-state index contributed by atoms with van der Waals surface area (Å²) in [5.74, 6) is -0.295. The van der Waals surface area contributed by atoms with Crippen LogP contribution in [0.2, 0.25) is 0 Å². The van der Waals surface area contributed by atoms with Gasteiger partial charge in [0.1, 0.15) is 5.75 Å². The minimum Gasteiger partial charge on any atom is -0.505 e. The number of sulfonamides is 1. The number of hydrogen-bond donors (Lipinski definition) is 2. The van der Waals surface area contributed by atoms with E-state index >= 15 is 0 Å². The number of hydrogen-bond acceptors (Lipinski definition) is 5. The average Bonchev–Trinajstić information content (AvgIpc) is 2.41. The van der Waals surface area contributed by atoms with Crippen molar-refractivity contribution in [3.8, 4) is 5.75 Å². The molecule has 21 heavy (non-hydrogen) atoms. The molecule has 0 bridgehead atoms. The van der Waals surface area contributed by atoms with E-state index in [0.29, 0.717) is 0 Å². The highest BCUT2D eigenvalue weighted by atomic mass is 32.2. The molecule has 0 heterocycles. The van der Waals surface area contributed by atoms with Gasteiger partial charge in [-0.15, -0.1) is 0 Å². The molecular formula is C13H18N2O5S. The summed E-state index contributed by atoms with van der Waals surface area (Å²) >= 11 is 0. The summed E-state index contributed by atoms with van der Waals surface area (Å²) in [6.45, 7) is 0. The zero-order valence-corrected chi connectivity index (χ0v) is 12.3. The normalized spacial score (nSPS) is 16.6. The Bertz CT molecular complexity index is 623. The van der Waals surface area contributed by atoms with Gasteiger partial charge < -0.3 is 5.11 Å². The Labute approximate surface area is 123 Å². The van der Waals surface area contributed by atoms with Gasteiger partial charge in [-0.1, -0.05) is 19.3 Å². The van der Waals surface area contributed by atoms with Gasteiger partial charge in [-0.3, -0.25) is 14.8 Å². The van der Waals surface area contributed by atoms with Crippen molar-refractivity contribution in [2.45, 2.75) is 32.1 Å². The molecule has 0 saturated heterocycles. The fourth-order valence-electron chi connectivity index (χ4n) is 2.59. The third-order valence-electron chi connectivity index (χ3n) is 3.64. The summed E-state index contributed by atoms with van der Waals surface area (Å²) in [5, 5.41) is 20.2. The maximum atomic E-state index is 12.1. The molecule has 1 saturated carbocycles. The van der Waals surface area contributed by atoms with Crippen LogP contribution in [-0.4, -0.2) is 24.2 Å². The molecule has 1 aliphatic rings. The lowest BCUT2D eigenvalue weighted by atomic mass is 9.91. The molecule has 0 aromatic heterocycles. The predicted molar refractivity (Wildman–Crippen MR) is 78.7 cm³/mol. The molecule has 2 N–H and O–H groups in total. The Morgan fingerprint density at radius 1 is 1.29 bits per heavy atom. The van der Waals surface area contributed by atoms with E-state index in [-0.39, 0.29) is 23.0 Å². The van der Waals surface area contributed by atoms with Crippen molar-refractivity contribution in [1.82, 2.24) is 0 Å². The van der Waals surface area contributed by atoms with E-state index in [2.05, 4.69) is 4.72 Å². The zero-order chi connectivity index (χ0) is 15.5. The number of phenolic OH excluding ortho intramolecular Hbond substituents is 1. The maximum absolute atomic E-state index is 12.1. The van der Waals surface area contributed by atoms with E-state index in [1.54, 1.807) is 0 Å². The second kappa shape index (κ2) is 6.30. The summed E-state index contributed by atoms with van der Waals surface area (Å²) < 4.78 is 26.5. The van der Waals surface area contributed by atoms with Crippen molar-refractivity contribution >= 4 is 21.4 Å². The first-order chi connectivity index (χ1) is 9.87. The molecule has 1 aliphatic carbocycles. The number of nitro benzene ring substituents is 1. The highest BCUT2D eigenvalue weighted by molar-refractivity contribution is 7.92. The zero-order valence-electron chi connectivity index (χ0n) is 11.5. The topological polar surface area (TPSA) is 110 Å². The van der Waals surface area contributed by atoms with Crippen LogP contribution in [0.4, 0.5) is 11.4 Å². The number of anilines is 1. The number of benzene rings is 1. The van der Waals surface area contributed by atoms with Crippen molar-refractivity contribution in [3.63, 3.8) is 0 Å². The third kappa shape index (κ3) is 4.32. The molecule has 1 aromatic carbocycles. The largest absolute Gasteiger partial charge is 0.505 e. The first-order valence-electron chi connectivity index (χ1n) is 6.85. The van der Waals surface area contributed by atoms with Gasteiger partial charge in [-0.05, 0) is 24.8 Å². The molecule has 7 nitrogen and oxygen atoms in total. The van der Waals surface area contributed by atoms with E-state index in [4.69, 9.17) is 0 Å². The Morgan fingerprint density at radius 2 is 1.95 bits per heavy atom. The van der Waals surface area contributed by atoms with Gasteiger partial charge in [0.2, 0.25) is 10.0 Å². The standard InChI is InChI=1S/C13H18N2O5S/c16-13-8-11(15(17)18)6-7-12(13)14-21(19,20)9-10-4-2-1-3-5-10/h6-8,10,14,16H,1-5,9H2. The summed E-state index contributed by atoms with van der Waals surface area (Å²) in [7, 11) is -3.57. The van der Waals surface area contributed by atoms with E-state index in [0.717, 1.165) is 44.2 Å². The van der Waals surface area contributed by atoms with Crippen molar-refractivity contribution < 1.29 is 18.4 Å². The molecule has 0 aliphatic heterocycles. The van der Waals surface area contributed by atoms with Crippen molar-refractivity contribution in [3.05, 3.63) is 28.3 Å². The lowest BCUT2D eigenvalue weighted by Crippen LogP contribution is -2.24. The average molecular weight is 314 g/mol. The van der Waals surface area contributed by atoms with Gasteiger partial charge in [-0.25, -0.2) is 8.42 Å². The molecule has 116 valence electrons. The number of non-ortho nitro benzene ring substituents is 1. The highest BCUT2D eigenvalue weighted by Crippen LogP contribution is 2.30. The number of phenols is 1. The summed E-state index contributed by atoms with van der Waals surface area (Å²) in [6.07, 6.45) is 5.03. The Morgan fingerprint density at radius 3 is 2.52 bits per heavy atom. The van der Waals surface area contributed by atoms with Gasteiger partial charge >= 0.3 is 0 Å². The maximum Gasteiger partial charge on any atom is 0.273 e. The number of aromatic hydroxyl groups is 1. The molecule has 2 rings (SSSR count). The number of nitrogens with zero attached hydrogens (tertiary/aromatic N) is 1. The van der Waals surface area contributed by atoms with Crippen molar-refractivity contribution in [2.24, 2.45) is 5.92 Å². The number of nitrogens with one attached hydrogen (secondary N) is 1. The summed E-state index contributed by atoms with van der Waals surface area (Å²) in [4.78, 5) is 9.92. The van der Waals surface area contributed by atoms with Crippen LogP contribution < -0.4 is 4.72 Å². The molecule has 0 amide bonds. The molecule has 0 radical (unpaired) electrons. The third-order valence-corrected chi connectivity index (χ3v) is 5.08. The number of nitro groups is 1. The fourth-order valence-corrected chi connectivity index (χ4v) is 4.14. The van der Waals surface area contributed by atoms with Crippen molar-refractivity contribution in [2.75, 3.05) is 10.5 Å². The second-order valence-electron chi connectivity index (χ2n) is 5.35. The summed E-state index contributed by atoms with van der Waals surface area (Å²) in [5.41, 5.74) is -0.320. The van der Waals surface area contributed by atoms with Gasteiger partial charge in [-0.2, -0.15) is 0 Å². The number of rotatable bonds is 5. The van der Waals surface area contributed by atoms with Gasteiger partial charge in [0.05, 0.1) is 22.4 Å². The van der Waals surface area contributed by atoms with Crippen LogP contribution in [0.1, 0.15) is 32.1 Å². The van der Waals surface area contributed by atoms with Gasteiger partial charge in [0.15, 0.2) is 0 Å². The van der Waals surface area contributed by atoms with E-state index < -0.39 is 20.7 Å². The van der Waals surface area contributed by atoms with Crippen LogP contribution >= 0.6 is 0 Å². The van der Waals surface area contributed by atoms with Crippen LogP contribution in [0.25, 0.3) is 0 Å². The molecule has 0 unspecified atom stereocenters. The Hall–Kier alpha value is -1.83. The smallest absolute Gasteiger partial charge is 0.273 e. The Kier molecular flexibility index (Phi) is 4.66. The van der Waals surface area contributed by atoms with Gasteiger partial charge in [0, 0.05) is 6.07 Å². The lowest BCUT2D eigenvalue weighted by molar-refractivity contribution is -0.384. The Balaban J connectivity index is 2.07. The minimum atomic E-state index is -3.57. The lowest BCUT2D eigenvalue weighted by Gasteiger charge is -2.21. The van der Waals surface area contributed by atoms with E-state index in [1.807, 2.05) is 0 Å². The molecular weight excluding hydrogens is 296 g/mol. The first-order valence-corrected chi connectivity index (χ1v) is 8.50. The highest BCUT2D eigenvalue weighted by Gasteiger charge is 2.22. The van der Waals surface area contributed by atoms with Gasteiger partial charge in [0.25, 0.3) is 5.69 Å². The fraction of sp³-hybridized carbons (Fsp3) is 0.538. The predicted octanol–water partition coefficient (Wildman–Crippen LogP) is 2.62. The SMILES string of the molecule is O=[N+]([O-])c1ccc(NS(=O)(=O)CC2CCCCC2)c(O)c1. The monoisotopic (exact) mass is 314 g/mol. The van der Waals surface area contributed by atoms with E-state index in [1.165, 1.54) is 6.07 Å². The van der Waals surface area contributed by atoms with E-state index in [9.17, 15) is 23.6 Å². The molecule has 1 fully saturated rings. The molecule has 8 heteroatoms. The molecule has 0 spiro atoms. The van der Waals surface area contributed by atoms with Crippen LogP contribution in [0.15, 0.2) is 18.2 Å². The summed E-state index contributed by atoms with van der Waals surface area (Å²) in [6, 6.07) is 3.28.